The highest BCUT2D eigenvalue weighted by atomic mass is 16.5. The highest BCUT2D eigenvalue weighted by Crippen LogP contribution is 2.31. The van der Waals surface area contributed by atoms with Crippen LogP contribution in [0.5, 0.6) is 0 Å². The lowest BCUT2D eigenvalue weighted by Crippen LogP contribution is -2.17. The van der Waals surface area contributed by atoms with E-state index >= 15 is 0 Å². The second-order valence-corrected chi connectivity index (χ2v) is 3.76. The van der Waals surface area contributed by atoms with E-state index in [4.69, 9.17) is 4.74 Å². The number of nitrogens with one attached hydrogen (secondary N) is 1. The molecule has 0 bridgehead atoms. The van der Waals surface area contributed by atoms with E-state index in [1.165, 1.54) is 0 Å². The van der Waals surface area contributed by atoms with Gasteiger partial charge in [0.05, 0.1) is 18.7 Å². The summed E-state index contributed by atoms with van der Waals surface area (Å²) in [6.07, 6.45) is -1.08. The number of carbonyl (C=O) groups is 2. The normalized spacial score (nSPS) is 15.1. The molecule has 0 saturated heterocycles. The van der Waals surface area contributed by atoms with Crippen molar-refractivity contribution in [2.45, 2.75) is 19.4 Å². The van der Waals surface area contributed by atoms with Crippen LogP contribution in [0.1, 0.15) is 24.2 Å². The molecule has 0 aromatic heterocycles. The summed E-state index contributed by atoms with van der Waals surface area (Å²) in [5.41, 5.74) is 1.70. The van der Waals surface area contributed by atoms with Crippen LogP contribution in [-0.4, -0.2) is 23.6 Å². The molecule has 1 atom stereocenters. The van der Waals surface area contributed by atoms with Gasteiger partial charge < -0.3 is 15.2 Å². The van der Waals surface area contributed by atoms with Crippen LogP contribution in [0, 0.1) is 0 Å². The van der Waals surface area contributed by atoms with Crippen LogP contribution in [-0.2, 0) is 20.7 Å². The lowest BCUT2D eigenvalue weighted by atomic mass is 10.0. The number of rotatable bonds is 3. The summed E-state index contributed by atoms with van der Waals surface area (Å²) in [7, 11) is 0. The SMILES string of the molecule is CCOC(=O)C(O)c1cccc2c1NC(=O)C2. The molecule has 0 aliphatic carbocycles. The van der Waals surface area contributed by atoms with Crippen LogP contribution in [0.25, 0.3) is 0 Å². The zero-order valence-electron chi connectivity index (χ0n) is 9.40. The first kappa shape index (κ1) is 11.6. The van der Waals surface area contributed by atoms with Gasteiger partial charge in [-0.15, -0.1) is 0 Å². The molecule has 5 heteroatoms. The monoisotopic (exact) mass is 235 g/mol. The molecule has 0 spiro atoms. The van der Waals surface area contributed by atoms with Gasteiger partial charge in [-0.1, -0.05) is 18.2 Å². The maximum absolute atomic E-state index is 11.4. The van der Waals surface area contributed by atoms with Crippen molar-refractivity contribution in [1.82, 2.24) is 0 Å². The number of amides is 1. The molecule has 5 nitrogen and oxygen atoms in total. The number of aliphatic hydroxyl groups excluding tert-OH is 1. The predicted molar refractivity (Wildman–Crippen MR) is 60.4 cm³/mol. The molecule has 0 saturated carbocycles. The molecule has 1 aromatic rings. The summed E-state index contributed by atoms with van der Waals surface area (Å²) < 4.78 is 4.74. The average molecular weight is 235 g/mol. The van der Waals surface area contributed by atoms with Crippen LogP contribution in [0.2, 0.25) is 0 Å². The third-order valence-electron chi connectivity index (χ3n) is 2.60. The highest BCUT2D eigenvalue weighted by molar-refractivity contribution is 6.00. The Morgan fingerprint density at radius 1 is 1.59 bits per heavy atom. The van der Waals surface area contributed by atoms with Gasteiger partial charge in [0.25, 0.3) is 0 Å². The number of ether oxygens (including phenoxy) is 1. The summed E-state index contributed by atoms with van der Waals surface area (Å²) in [4.78, 5) is 22.7. The Bertz CT molecular complexity index is 470. The number of hydrogen-bond acceptors (Lipinski definition) is 4. The summed E-state index contributed by atoms with van der Waals surface area (Å²) in [6, 6.07) is 5.09. The van der Waals surface area contributed by atoms with E-state index < -0.39 is 12.1 Å². The van der Waals surface area contributed by atoms with E-state index in [1.807, 2.05) is 0 Å². The lowest BCUT2D eigenvalue weighted by molar-refractivity contribution is -0.153. The molecular formula is C12H13NO4. The van der Waals surface area contributed by atoms with Gasteiger partial charge in [-0.2, -0.15) is 0 Å². The topological polar surface area (TPSA) is 75.6 Å². The fourth-order valence-corrected chi connectivity index (χ4v) is 1.85. The molecule has 1 amide bonds. The van der Waals surface area contributed by atoms with Gasteiger partial charge in [0.1, 0.15) is 0 Å². The van der Waals surface area contributed by atoms with E-state index in [2.05, 4.69) is 5.32 Å². The Kier molecular flexibility index (Phi) is 3.10. The molecule has 1 aliphatic rings. The molecule has 17 heavy (non-hydrogen) atoms. The van der Waals surface area contributed by atoms with E-state index in [0.717, 1.165) is 5.56 Å². The second kappa shape index (κ2) is 4.55. The molecular weight excluding hydrogens is 222 g/mol. The van der Waals surface area contributed by atoms with Crippen molar-refractivity contribution in [2.24, 2.45) is 0 Å². The molecule has 2 rings (SSSR count). The minimum absolute atomic E-state index is 0.136. The van der Waals surface area contributed by atoms with E-state index in [1.54, 1.807) is 25.1 Å². The average Bonchev–Trinajstić information content (AvgIpc) is 2.68. The Morgan fingerprint density at radius 3 is 3.06 bits per heavy atom. The zero-order chi connectivity index (χ0) is 12.4. The van der Waals surface area contributed by atoms with Crippen molar-refractivity contribution in [2.75, 3.05) is 11.9 Å². The molecule has 1 aromatic carbocycles. The van der Waals surface area contributed by atoms with Gasteiger partial charge >= 0.3 is 5.97 Å². The third-order valence-corrected chi connectivity index (χ3v) is 2.60. The first-order valence-electron chi connectivity index (χ1n) is 5.39. The summed E-state index contributed by atoms with van der Waals surface area (Å²) in [5.74, 6) is -0.842. The van der Waals surface area contributed by atoms with Crippen molar-refractivity contribution >= 4 is 17.6 Å². The Balaban J connectivity index is 2.31. The van der Waals surface area contributed by atoms with Gasteiger partial charge in [0.15, 0.2) is 6.10 Å². The van der Waals surface area contributed by atoms with Crippen LogP contribution in [0.3, 0.4) is 0 Å². The Morgan fingerprint density at radius 2 is 2.35 bits per heavy atom. The van der Waals surface area contributed by atoms with E-state index in [0.29, 0.717) is 11.3 Å². The van der Waals surface area contributed by atoms with Gasteiger partial charge in [0, 0.05) is 5.56 Å². The maximum atomic E-state index is 11.4. The van der Waals surface area contributed by atoms with Gasteiger partial charge in [0.2, 0.25) is 5.91 Å². The molecule has 90 valence electrons. The molecule has 1 aliphatic heterocycles. The summed E-state index contributed by atoms with van der Waals surface area (Å²) in [6.45, 7) is 1.87. The van der Waals surface area contributed by atoms with E-state index in [-0.39, 0.29) is 18.9 Å². The standard InChI is InChI=1S/C12H13NO4/c1-2-17-12(16)11(15)8-5-3-4-7-6-9(14)13-10(7)8/h3-5,11,15H,2,6H2,1H3,(H,13,14). The highest BCUT2D eigenvalue weighted by Gasteiger charge is 2.27. The minimum atomic E-state index is -1.36. The van der Waals surface area contributed by atoms with Crippen LogP contribution in [0.4, 0.5) is 5.69 Å². The fraction of sp³-hybridized carbons (Fsp3) is 0.333. The van der Waals surface area contributed by atoms with Crippen molar-refractivity contribution in [3.05, 3.63) is 29.3 Å². The Labute approximate surface area is 98.4 Å². The number of anilines is 1. The number of para-hydroxylation sites is 1. The molecule has 0 fully saturated rings. The number of esters is 1. The van der Waals surface area contributed by atoms with Crippen LogP contribution < -0.4 is 5.32 Å². The first-order valence-corrected chi connectivity index (χ1v) is 5.39. The van der Waals surface area contributed by atoms with Crippen molar-refractivity contribution < 1.29 is 19.4 Å². The number of fused-ring (bicyclic) bond motifs is 1. The number of benzene rings is 1. The third kappa shape index (κ3) is 2.14. The van der Waals surface area contributed by atoms with Crippen molar-refractivity contribution in [3.63, 3.8) is 0 Å². The van der Waals surface area contributed by atoms with Gasteiger partial charge in [-0.3, -0.25) is 4.79 Å². The molecule has 2 N–H and O–H groups in total. The molecule has 1 heterocycles. The number of aliphatic hydroxyl groups is 1. The zero-order valence-corrected chi connectivity index (χ0v) is 9.40. The van der Waals surface area contributed by atoms with Crippen LogP contribution >= 0.6 is 0 Å². The fourth-order valence-electron chi connectivity index (χ4n) is 1.85. The van der Waals surface area contributed by atoms with Gasteiger partial charge in [-0.25, -0.2) is 4.79 Å². The Hall–Kier alpha value is -1.88. The smallest absolute Gasteiger partial charge is 0.339 e. The largest absolute Gasteiger partial charge is 0.464 e. The predicted octanol–water partition coefficient (Wildman–Crippen LogP) is 0.778. The first-order chi connectivity index (χ1) is 8.13. The molecule has 0 radical (unpaired) electrons. The van der Waals surface area contributed by atoms with Crippen LogP contribution in [0.15, 0.2) is 18.2 Å². The molecule has 1 unspecified atom stereocenters. The number of carbonyl (C=O) groups excluding carboxylic acids is 2. The maximum Gasteiger partial charge on any atom is 0.339 e. The summed E-state index contributed by atoms with van der Waals surface area (Å²) >= 11 is 0. The lowest BCUT2D eigenvalue weighted by Gasteiger charge is -2.13. The second-order valence-electron chi connectivity index (χ2n) is 3.76. The van der Waals surface area contributed by atoms with E-state index in [9.17, 15) is 14.7 Å². The van der Waals surface area contributed by atoms with Crippen molar-refractivity contribution in [3.8, 4) is 0 Å². The number of hydrogen-bond donors (Lipinski definition) is 2. The minimum Gasteiger partial charge on any atom is -0.464 e. The summed E-state index contributed by atoms with van der Waals surface area (Å²) in [5, 5.41) is 12.5. The van der Waals surface area contributed by atoms with Gasteiger partial charge in [-0.05, 0) is 12.5 Å². The van der Waals surface area contributed by atoms with Crippen molar-refractivity contribution in [1.29, 1.82) is 0 Å². The quantitative estimate of drug-likeness (QED) is 0.759.